The SMILES string of the molecule is COc1ccc(N2CCC(NC(=O)C3CCN(S(=O)(=O)c4ccc(C(C)=O)cc4)CC3)CC2)cc1. The molecule has 188 valence electrons. The van der Waals surface area contributed by atoms with Crippen molar-refractivity contribution in [1.29, 1.82) is 0 Å². The van der Waals surface area contributed by atoms with E-state index in [2.05, 4.69) is 22.3 Å². The molecule has 2 aromatic carbocycles. The number of hydrogen-bond acceptors (Lipinski definition) is 6. The number of piperidine rings is 2. The van der Waals surface area contributed by atoms with Crippen LogP contribution in [0.2, 0.25) is 0 Å². The summed E-state index contributed by atoms with van der Waals surface area (Å²) in [6, 6.07) is 14.2. The van der Waals surface area contributed by atoms with Crippen molar-refractivity contribution in [3.63, 3.8) is 0 Å². The smallest absolute Gasteiger partial charge is 0.243 e. The monoisotopic (exact) mass is 499 g/mol. The van der Waals surface area contributed by atoms with Crippen LogP contribution in [0.5, 0.6) is 5.75 Å². The maximum absolute atomic E-state index is 13.0. The van der Waals surface area contributed by atoms with Crippen LogP contribution in [-0.4, -0.2) is 63.7 Å². The number of amides is 1. The highest BCUT2D eigenvalue weighted by molar-refractivity contribution is 7.89. The Kier molecular flexibility index (Phi) is 7.76. The van der Waals surface area contributed by atoms with E-state index in [1.807, 2.05) is 12.1 Å². The van der Waals surface area contributed by atoms with Crippen LogP contribution in [0.25, 0.3) is 0 Å². The molecular formula is C26H33N3O5S. The Balaban J connectivity index is 1.25. The van der Waals surface area contributed by atoms with Gasteiger partial charge in [-0.25, -0.2) is 8.42 Å². The van der Waals surface area contributed by atoms with Crippen LogP contribution in [0, 0.1) is 5.92 Å². The molecule has 8 nitrogen and oxygen atoms in total. The van der Waals surface area contributed by atoms with E-state index < -0.39 is 10.0 Å². The average Bonchev–Trinajstić information content (AvgIpc) is 2.89. The fourth-order valence-corrected chi connectivity index (χ4v) is 6.23. The fourth-order valence-electron chi connectivity index (χ4n) is 4.76. The summed E-state index contributed by atoms with van der Waals surface area (Å²) in [5, 5.41) is 3.20. The Morgan fingerprint density at radius 1 is 0.886 bits per heavy atom. The number of nitrogens with one attached hydrogen (secondary N) is 1. The number of benzene rings is 2. The van der Waals surface area contributed by atoms with Gasteiger partial charge in [0, 0.05) is 49.4 Å². The summed E-state index contributed by atoms with van der Waals surface area (Å²) in [6.45, 7) is 3.81. The van der Waals surface area contributed by atoms with E-state index >= 15 is 0 Å². The van der Waals surface area contributed by atoms with E-state index in [0.717, 1.165) is 37.4 Å². The largest absolute Gasteiger partial charge is 0.497 e. The highest BCUT2D eigenvalue weighted by Crippen LogP contribution is 2.26. The second-order valence-electron chi connectivity index (χ2n) is 9.23. The number of ketones is 1. The number of hydrogen-bond donors (Lipinski definition) is 1. The van der Waals surface area contributed by atoms with Crippen LogP contribution >= 0.6 is 0 Å². The quantitative estimate of drug-likeness (QED) is 0.588. The molecule has 1 N–H and O–H groups in total. The van der Waals surface area contributed by atoms with Crippen molar-refractivity contribution >= 4 is 27.4 Å². The molecule has 0 bridgehead atoms. The van der Waals surface area contributed by atoms with Gasteiger partial charge in [0.1, 0.15) is 5.75 Å². The summed E-state index contributed by atoms with van der Waals surface area (Å²) in [7, 11) is -1.99. The number of nitrogens with zero attached hydrogens (tertiary/aromatic N) is 2. The molecule has 2 fully saturated rings. The third-order valence-corrected chi connectivity index (χ3v) is 8.92. The molecule has 0 atom stereocenters. The summed E-state index contributed by atoms with van der Waals surface area (Å²) in [5.74, 6) is 0.574. The van der Waals surface area contributed by atoms with Crippen LogP contribution in [0.3, 0.4) is 0 Å². The lowest BCUT2D eigenvalue weighted by atomic mass is 9.95. The maximum Gasteiger partial charge on any atom is 0.243 e. The molecule has 0 saturated carbocycles. The summed E-state index contributed by atoms with van der Waals surface area (Å²) in [4.78, 5) is 26.8. The summed E-state index contributed by atoms with van der Waals surface area (Å²) in [6.07, 6.45) is 2.76. The molecule has 2 aliphatic rings. The first kappa shape index (κ1) is 25.2. The van der Waals surface area contributed by atoms with Gasteiger partial charge in [0.05, 0.1) is 12.0 Å². The van der Waals surface area contributed by atoms with E-state index in [1.54, 1.807) is 7.11 Å². The van der Waals surface area contributed by atoms with Crippen molar-refractivity contribution in [2.24, 2.45) is 5.92 Å². The van der Waals surface area contributed by atoms with Crippen molar-refractivity contribution in [3.8, 4) is 5.75 Å². The molecule has 0 unspecified atom stereocenters. The first-order valence-electron chi connectivity index (χ1n) is 12.1. The molecule has 2 aromatic rings. The van der Waals surface area contributed by atoms with Gasteiger partial charge in [-0.2, -0.15) is 4.31 Å². The Bertz CT molecular complexity index is 1130. The van der Waals surface area contributed by atoms with Gasteiger partial charge >= 0.3 is 0 Å². The molecule has 2 saturated heterocycles. The van der Waals surface area contributed by atoms with Gasteiger partial charge in [0.15, 0.2) is 5.78 Å². The lowest BCUT2D eigenvalue weighted by Gasteiger charge is -2.35. The van der Waals surface area contributed by atoms with Crippen molar-refractivity contribution in [2.75, 3.05) is 38.2 Å². The summed E-state index contributed by atoms with van der Waals surface area (Å²) >= 11 is 0. The van der Waals surface area contributed by atoms with E-state index in [9.17, 15) is 18.0 Å². The molecular weight excluding hydrogens is 466 g/mol. The number of carbonyl (C=O) groups is 2. The number of ether oxygens (including phenoxy) is 1. The van der Waals surface area contributed by atoms with Crippen LogP contribution in [0.1, 0.15) is 43.0 Å². The Labute approximate surface area is 207 Å². The van der Waals surface area contributed by atoms with Crippen molar-refractivity contribution < 1.29 is 22.7 Å². The van der Waals surface area contributed by atoms with Gasteiger partial charge in [-0.05, 0) is 69.0 Å². The molecule has 0 spiro atoms. The van der Waals surface area contributed by atoms with E-state index in [0.29, 0.717) is 31.5 Å². The number of sulfonamides is 1. The zero-order valence-corrected chi connectivity index (χ0v) is 21.1. The second-order valence-corrected chi connectivity index (χ2v) is 11.2. The molecule has 4 rings (SSSR count). The van der Waals surface area contributed by atoms with Gasteiger partial charge in [0.2, 0.25) is 15.9 Å². The molecule has 0 aromatic heterocycles. The highest BCUT2D eigenvalue weighted by atomic mass is 32.2. The van der Waals surface area contributed by atoms with E-state index in [1.165, 1.54) is 35.5 Å². The first-order chi connectivity index (χ1) is 16.8. The van der Waals surface area contributed by atoms with Crippen molar-refractivity contribution in [1.82, 2.24) is 9.62 Å². The average molecular weight is 500 g/mol. The molecule has 9 heteroatoms. The van der Waals surface area contributed by atoms with Crippen LogP contribution in [0.4, 0.5) is 5.69 Å². The Morgan fingerprint density at radius 3 is 2.03 bits per heavy atom. The third kappa shape index (κ3) is 5.85. The summed E-state index contributed by atoms with van der Waals surface area (Å²) < 4.78 is 32.6. The fraction of sp³-hybridized carbons (Fsp3) is 0.462. The minimum atomic E-state index is -3.64. The number of carbonyl (C=O) groups excluding carboxylic acids is 2. The normalized spacial score (nSPS) is 18.3. The number of rotatable bonds is 7. The van der Waals surface area contributed by atoms with Crippen molar-refractivity contribution in [3.05, 3.63) is 54.1 Å². The predicted molar refractivity (Wildman–Crippen MR) is 134 cm³/mol. The minimum absolute atomic E-state index is 0.0238. The molecule has 1 amide bonds. The maximum atomic E-state index is 13.0. The number of anilines is 1. The van der Waals surface area contributed by atoms with Crippen LogP contribution < -0.4 is 15.0 Å². The molecule has 0 aliphatic carbocycles. The Morgan fingerprint density at radius 2 is 1.49 bits per heavy atom. The van der Waals surface area contributed by atoms with Gasteiger partial charge in [-0.15, -0.1) is 0 Å². The standard InChI is InChI=1S/C26H33N3O5S/c1-19(30)20-3-9-25(10-4-20)35(32,33)29-17-11-21(12-18-29)26(31)27-22-13-15-28(16-14-22)23-5-7-24(34-2)8-6-23/h3-10,21-22H,11-18H2,1-2H3,(H,27,31). The molecule has 35 heavy (non-hydrogen) atoms. The van der Waals surface area contributed by atoms with E-state index in [4.69, 9.17) is 4.74 Å². The van der Waals surface area contributed by atoms with Gasteiger partial charge < -0.3 is 15.0 Å². The van der Waals surface area contributed by atoms with Crippen LogP contribution in [-0.2, 0) is 14.8 Å². The summed E-state index contributed by atoms with van der Waals surface area (Å²) in [5.41, 5.74) is 1.63. The predicted octanol–water partition coefficient (Wildman–Crippen LogP) is 3.08. The van der Waals surface area contributed by atoms with Gasteiger partial charge in [-0.3, -0.25) is 9.59 Å². The first-order valence-corrected chi connectivity index (χ1v) is 13.5. The van der Waals surface area contributed by atoms with Crippen molar-refractivity contribution in [2.45, 2.75) is 43.5 Å². The zero-order chi connectivity index (χ0) is 25.0. The topological polar surface area (TPSA) is 96.0 Å². The Hall–Kier alpha value is -2.91. The van der Waals surface area contributed by atoms with Crippen LogP contribution in [0.15, 0.2) is 53.4 Å². The van der Waals surface area contributed by atoms with Gasteiger partial charge in [-0.1, -0.05) is 12.1 Å². The molecule has 2 heterocycles. The third-order valence-electron chi connectivity index (χ3n) is 7.00. The number of Topliss-reactive ketones (excluding diaryl/α,β-unsaturated/α-hetero) is 1. The zero-order valence-electron chi connectivity index (χ0n) is 20.3. The lowest BCUT2D eigenvalue weighted by molar-refractivity contribution is -0.127. The minimum Gasteiger partial charge on any atom is -0.497 e. The molecule has 0 radical (unpaired) electrons. The van der Waals surface area contributed by atoms with E-state index in [-0.39, 0.29) is 28.5 Å². The van der Waals surface area contributed by atoms with Gasteiger partial charge in [0.25, 0.3) is 0 Å². The highest BCUT2D eigenvalue weighted by Gasteiger charge is 2.33. The molecule has 2 aliphatic heterocycles. The number of methoxy groups -OCH3 is 1. The lowest BCUT2D eigenvalue weighted by Crippen LogP contribution is -2.48. The second kappa shape index (κ2) is 10.8.